The molecule has 30 heavy (non-hydrogen) atoms. The molecule has 0 bridgehead atoms. The lowest BCUT2D eigenvalue weighted by Crippen LogP contribution is -2.38. The lowest BCUT2D eigenvalue weighted by atomic mass is 9.81. The highest BCUT2D eigenvalue weighted by atomic mass is 32.1. The van der Waals surface area contributed by atoms with Crippen LogP contribution in [0.3, 0.4) is 0 Å². The maximum Gasteiger partial charge on any atom is 0.246 e. The van der Waals surface area contributed by atoms with Gasteiger partial charge in [-0.1, -0.05) is 25.0 Å². The minimum Gasteiger partial charge on any atom is -0.300 e. The molecule has 1 N–H and O–H groups in total. The Bertz CT molecular complexity index is 991. The van der Waals surface area contributed by atoms with Crippen molar-refractivity contribution in [1.29, 1.82) is 0 Å². The van der Waals surface area contributed by atoms with Crippen LogP contribution in [0.4, 0.5) is 5.13 Å². The molecule has 5 rings (SSSR count). The molecule has 2 heterocycles. The van der Waals surface area contributed by atoms with E-state index in [1.54, 1.807) is 0 Å². The molecule has 1 aromatic heterocycles. The van der Waals surface area contributed by atoms with E-state index in [9.17, 15) is 14.4 Å². The van der Waals surface area contributed by atoms with Crippen LogP contribution in [-0.4, -0.2) is 34.2 Å². The van der Waals surface area contributed by atoms with E-state index in [1.165, 1.54) is 35.3 Å². The van der Waals surface area contributed by atoms with E-state index >= 15 is 0 Å². The first-order valence-corrected chi connectivity index (χ1v) is 11.7. The first kappa shape index (κ1) is 19.4. The lowest BCUT2D eigenvalue weighted by molar-refractivity contribution is -0.142. The van der Waals surface area contributed by atoms with Gasteiger partial charge in [-0.05, 0) is 55.7 Å². The molecule has 1 saturated heterocycles. The van der Waals surface area contributed by atoms with Gasteiger partial charge in [0, 0.05) is 10.9 Å². The summed E-state index contributed by atoms with van der Waals surface area (Å²) < 4.78 is 0. The van der Waals surface area contributed by atoms with Crippen LogP contribution >= 0.6 is 11.3 Å². The molecule has 156 valence electrons. The van der Waals surface area contributed by atoms with Crippen molar-refractivity contribution in [2.75, 3.05) is 11.9 Å². The summed E-state index contributed by atoms with van der Waals surface area (Å²) in [4.78, 5) is 43.3. The zero-order valence-electron chi connectivity index (χ0n) is 16.9. The van der Waals surface area contributed by atoms with Gasteiger partial charge in [0.05, 0.1) is 17.5 Å². The molecular formula is C23H25N3O3S. The predicted molar refractivity (Wildman–Crippen MR) is 115 cm³/mol. The molecule has 0 unspecified atom stereocenters. The van der Waals surface area contributed by atoms with E-state index in [4.69, 9.17) is 0 Å². The number of imide groups is 1. The van der Waals surface area contributed by atoms with Crippen LogP contribution in [0.15, 0.2) is 23.6 Å². The highest BCUT2D eigenvalue weighted by Crippen LogP contribution is 2.38. The highest BCUT2D eigenvalue weighted by molar-refractivity contribution is 7.14. The van der Waals surface area contributed by atoms with Gasteiger partial charge in [0.15, 0.2) is 5.13 Å². The molecule has 2 aliphatic carbocycles. The van der Waals surface area contributed by atoms with Crippen molar-refractivity contribution in [3.63, 3.8) is 0 Å². The molecule has 2 fully saturated rings. The average Bonchev–Trinajstić information content (AvgIpc) is 3.32. The number of nitrogens with zero attached hydrogens (tertiary/aromatic N) is 2. The summed E-state index contributed by atoms with van der Waals surface area (Å²) in [6.45, 7) is -0.224. The number of hydrogen-bond donors (Lipinski definition) is 1. The number of rotatable bonds is 4. The number of aryl methyl sites for hydroxylation is 2. The summed E-state index contributed by atoms with van der Waals surface area (Å²) >= 11 is 1.36. The smallest absolute Gasteiger partial charge is 0.246 e. The Hall–Kier alpha value is -2.54. The van der Waals surface area contributed by atoms with E-state index in [1.807, 2.05) is 5.38 Å². The maximum absolute atomic E-state index is 12.6. The van der Waals surface area contributed by atoms with Crippen molar-refractivity contribution < 1.29 is 14.4 Å². The molecule has 3 aliphatic rings. The average molecular weight is 424 g/mol. The van der Waals surface area contributed by atoms with E-state index in [2.05, 4.69) is 28.5 Å². The molecule has 0 radical (unpaired) electrons. The molecule has 2 aromatic rings. The normalized spacial score (nSPS) is 23.3. The van der Waals surface area contributed by atoms with E-state index in [0.717, 1.165) is 54.7 Å². The number of carbonyl (C=O) groups excluding carboxylic acids is 3. The Morgan fingerprint density at radius 3 is 2.47 bits per heavy atom. The number of fused-ring (bicyclic) bond motifs is 2. The molecule has 7 heteroatoms. The van der Waals surface area contributed by atoms with Crippen LogP contribution in [0, 0.1) is 11.8 Å². The van der Waals surface area contributed by atoms with Crippen LogP contribution in [-0.2, 0) is 27.2 Å². The lowest BCUT2D eigenvalue weighted by Gasteiger charge is -2.19. The minimum atomic E-state index is -0.373. The van der Waals surface area contributed by atoms with Gasteiger partial charge in [-0.2, -0.15) is 0 Å². The van der Waals surface area contributed by atoms with Crippen LogP contribution in [0.1, 0.15) is 49.7 Å². The summed E-state index contributed by atoms with van der Waals surface area (Å²) in [6.07, 6.45) is 8.19. The Morgan fingerprint density at radius 2 is 1.73 bits per heavy atom. The number of hydrogen-bond acceptors (Lipinski definition) is 5. The standard InChI is InChI=1S/C23H25N3O3S/c27-20(12-26-21(28)17-7-3-4-8-18(17)22(26)29)25-23-24-19(13-30-23)16-10-9-14-5-1-2-6-15(14)11-16/h9-11,13,17-18H,1-8,12H2,(H,24,25,27)/t17-,18-/m0/s1. The third-order valence-corrected chi connectivity index (χ3v) is 7.39. The number of anilines is 1. The summed E-state index contributed by atoms with van der Waals surface area (Å²) in [5.41, 5.74) is 4.71. The van der Waals surface area contributed by atoms with E-state index in [0.29, 0.717) is 5.13 Å². The second-order valence-corrected chi connectivity index (χ2v) is 9.39. The SMILES string of the molecule is O=C(CN1C(=O)[C@H]2CCCC[C@@H]2C1=O)Nc1nc(-c2ccc3c(c2)CCCC3)cs1. The van der Waals surface area contributed by atoms with Gasteiger partial charge in [-0.3, -0.25) is 19.3 Å². The highest BCUT2D eigenvalue weighted by Gasteiger charge is 2.48. The van der Waals surface area contributed by atoms with Crippen molar-refractivity contribution in [2.24, 2.45) is 11.8 Å². The van der Waals surface area contributed by atoms with Crippen LogP contribution in [0.2, 0.25) is 0 Å². The van der Waals surface area contributed by atoms with Crippen LogP contribution in [0.5, 0.6) is 0 Å². The number of likely N-dealkylation sites (tertiary alicyclic amines) is 1. The molecule has 3 amide bonds. The molecule has 1 aliphatic heterocycles. The minimum absolute atomic E-state index is 0.186. The zero-order valence-corrected chi connectivity index (χ0v) is 17.7. The van der Waals surface area contributed by atoms with Crippen molar-refractivity contribution in [1.82, 2.24) is 9.88 Å². The van der Waals surface area contributed by atoms with Gasteiger partial charge in [0.25, 0.3) is 0 Å². The van der Waals surface area contributed by atoms with Crippen LogP contribution in [0.25, 0.3) is 11.3 Å². The summed E-state index contributed by atoms with van der Waals surface area (Å²) in [6, 6.07) is 6.48. The Balaban J connectivity index is 1.25. The van der Waals surface area contributed by atoms with Gasteiger partial charge in [-0.25, -0.2) is 4.98 Å². The Kier molecular flexibility index (Phi) is 5.15. The predicted octanol–water partition coefficient (Wildman–Crippen LogP) is 3.80. The first-order valence-electron chi connectivity index (χ1n) is 10.8. The summed E-state index contributed by atoms with van der Waals surface area (Å²) in [5.74, 6) is -1.20. The van der Waals surface area contributed by atoms with E-state index in [-0.39, 0.29) is 36.1 Å². The maximum atomic E-state index is 12.6. The second kappa shape index (κ2) is 7.95. The number of benzene rings is 1. The van der Waals surface area contributed by atoms with Gasteiger partial charge < -0.3 is 5.32 Å². The number of amides is 3. The Morgan fingerprint density at radius 1 is 1.03 bits per heavy atom. The molecule has 1 saturated carbocycles. The van der Waals surface area contributed by atoms with E-state index < -0.39 is 0 Å². The zero-order chi connectivity index (χ0) is 20.7. The van der Waals surface area contributed by atoms with Gasteiger partial charge in [0.2, 0.25) is 17.7 Å². The van der Waals surface area contributed by atoms with Crippen LogP contribution < -0.4 is 5.32 Å². The number of nitrogens with one attached hydrogen (secondary N) is 1. The largest absolute Gasteiger partial charge is 0.300 e. The molecule has 6 nitrogen and oxygen atoms in total. The fourth-order valence-electron chi connectivity index (χ4n) is 5.05. The molecule has 1 aromatic carbocycles. The third-order valence-electron chi connectivity index (χ3n) is 6.63. The topological polar surface area (TPSA) is 79.4 Å². The summed E-state index contributed by atoms with van der Waals surface area (Å²) in [5, 5.41) is 5.19. The molecule has 2 atom stereocenters. The fourth-order valence-corrected chi connectivity index (χ4v) is 5.78. The van der Waals surface area contributed by atoms with Crippen molar-refractivity contribution in [2.45, 2.75) is 51.4 Å². The van der Waals surface area contributed by atoms with Gasteiger partial charge in [-0.15, -0.1) is 11.3 Å². The first-order chi connectivity index (χ1) is 14.6. The Labute approximate surface area is 179 Å². The van der Waals surface area contributed by atoms with Crippen molar-refractivity contribution in [3.05, 3.63) is 34.7 Å². The van der Waals surface area contributed by atoms with Crippen molar-refractivity contribution >= 4 is 34.2 Å². The number of aromatic nitrogens is 1. The fraction of sp³-hybridized carbons (Fsp3) is 0.478. The van der Waals surface area contributed by atoms with Gasteiger partial charge in [0.1, 0.15) is 6.54 Å². The van der Waals surface area contributed by atoms with Crippen molar-refractivity contribution in [3.8, 4) is 11.3 Å². The van der Waals surface area contributed by atoms with Gasteiger partial charge >= 0.3 is 0 Å². The quantitative estimate of drug-likeness (QED) is 0.759. The molecular weight excluding hydrogens is 398 g/mol. The number of carbonyl (C=O) groups is 3. The number of thiazole rings is 1. The molecule has 0 spiro atoms. The monoisotopic (exact) mass is 423 g/mol. The second-order valence-electron chi connectivity index (χ2n) is 8.54. The third kappa shape index (κ3) is 3.55. The summed E-state index contributed by atoms with van der Waals surface area (Å²) in [7, 11) is 0.